The zero-order valence-corrected chi connectivity index (χ0v) is 23.1. The fourth-order valence-corrected chi connectivity index (χ4v) is 4.10. The second-order valence-electron chi connectivity index (χ2n) is 9.73. The van der Waals surface area contributed by atoms with Crippen LogP contribution in [0.2, 0.25) is 0 Å². The summed E-state index contributed by atoms with van der Waals surface area (Å²) in [5, 5.41) is 4.37. The Morgan fingerprint density at radius 1 is 1.00 bits per heavy atom. The fourth-order valence-electron chi connectivity index (χ4n) is 4.10. The van der Waals surface area contributed by atoms with E-state index in [1.165, 1.54) is 43.3 Å². The van der Waals surface area contributed by atoms with E-state index in [0.29, 0.717) is 12.4 Å². The summed E-state index contributed by atoms with van der Waals surface area (Å²) in [5.41, 5.74) is 4.20. The van der Waals surface area contributed by atoms with E-state index in [1.807, 2.05) is 12.1 Å². The van der Waals surface area contributed by atoms with E-state index in [0.717, 1.165) is 42.4 Å². The maximum Gasteiger partial charge on any atom is 0.297 e. The normalized spacial score (nSPS) is 11.4. The van der Waals surface area contributed by atoms with Crippen LogP contribution in [0.4, 0.5) is 5.69 Å². The first-order valence-corrected chi connectivity index (χ1v) is 13.4. The number of rotatable bonds is 17. The highest BCUT2D eigenvalue weighted by Crippen LogP contribution is 2.34. The molecule has 5 nitrogen and oxygen atoms in total. The summed E-state index contributed by atoms with van der Waals surface area (Å²) in [6.07, 6.45) is 15.5. The van der Waals surface area contributed by atoms with E-state index in [9.17, 15) is 4.79 Å². The molecule has 5 heteroatoms. The number of anilines is 1. The highest BCUT2D eigenvalue weighted by atomic mass is 16.5. The van der Waals surface area contributed by atoms with Gasteiger partial charge in [0.05, 0.1) is 5.52 Å². The molecule has 0 unspecified atom stereocenters. The predicted octanol–water partition coefficient (Wildman–Crippen LogP) is 7.95. The van der Waals surface area contributed by atoms with Crippen molar-refractivity contribution in [1.82, 2.24) is 4.57 Å². The van der Waals surface area contributed by atoms with Crippen LogP contribution in [0, 0.1) is 0 Å². The van der Waals surface area contributed by atoms with E-state index in [4.69, 9.17) is 9.47 Å². The molecule has 2 rings (SSSR count). The Bertz CT molecular complexity index is 1090. The summed E-state index contributed by atoms with van der Waals surface area (Å²) >= 11 is 0. The van der Waals surface area contributed by atoms with Gasteiger partial charge in [0, 0.05) is 24.7 Å². The predicted molar refractivity (Wildman–Crippen MR) is 155 cm³/mol. The number of nitrogens with one attached hydrogen (secondary N) is 1. The number of unbranched alkanes of at least 4 members (excludes halogenated alkanes) is 5. The van der Waals surface area contributed by atoms with E-state index in [2.05, 4.69) is 57.8 Å². The molecule has 0 saturated heterocycles. The Morgan fingerprint density at radius 3 is 2.44 bits per heavy atom. The minimum atomic E-state index is -0.211. The summed E-state index contributed by atoms with van der Waals surface area (Å²) < 4.78 is 13.6. The van der Waals surface area contributed by atoms with Gasteiger partial charge in [-0.1, -0.05) is 68.9 Å². The minimum absolute atomic E-state index is 0.211. The largest absolute Gasteiger partial charge is 0.485 e. The minimum Gasteiger partial charge on any atom is -0.485 e. The highest BCUT2D eigenvalue weighted by molar-refractivity contribution is 5.90. The van der Waals surface area contributed by atoms with Crippen molar-refractivity contribution in [2.75, 3.05) is 25.1 Å². The quantitative estimate of drug-likeness (QED) is 0.179. The van der Waals surface area contributed by atoms with Crippen molar-refractivity contribution in [1.29, 1.82) is 0 Å². The first kappa shape index (κ1) is 29.3. The Labute approximate surface area is 217 Å². The van der Waals surface area contributed by atoms with Crippen molar-refractivity contribution in [3.05, 3.63) is 64.5 Å². The SMILES string of the molecule is C=CCOc1c(OC/C=C(\C)CCC=C(C)C)c2ccc(NCCCCCCCC)cc2n(C)c1=O. The van der Waals surface area contributed by atoms with Crippen LogP contribution in [0.1, 0.15) is 79.1 Å². The number of hydrogen-bond acceptors (Lipinski definition) is 4. The molecule has 0 spiro atoms. The number of ether oxygens (including phenoxy) is 2. The third-order valence-corrected chi connectivity index (χ3v) is 6.26. The molecule has 36 heavy (non-hydrogen) atoms. The average Bonchev–Trinajstić information content (AvgIpc) is 2.85. The number of pyridine rings is 1. The number of fused-ring (bicyclic) bond motifs is 1. The molecular weight excluding hydrogens is 448 g/mol. The van der Waals surface area contributed by atoms with Crippen LogP contribution in [0.3, 0.4) is 0 Å². The number of nitrogens with zero attached hydrogens (tertiary/aromatic N) is 1. The maximum absolute atomic E-state index is 13.2. The molecule has 0 bridgehead atoms. The number of aryl methyl sites for hydroxylation is 1. The van der Waals surface area contributed by atoms with Gasteiger partial charge in [0.1, 0.15) is 13.2 Å². The first-order chi connectivity index (χ1) is 17.4. The lowest BCUT2D eigenvalue weighted by Gasteiger charge is -2.17. The second-order valence-corrected chi connectivity index (χ2v) is 9.73. The van der Waals surface area contributed by atoms with Crippen molar-refractivity contribution in [3.63, 3.8) is 0 Å². The third-order valence-electron chi connectivity index (χ3n) is 6.26. The standard InChI is InChI=1S/C31H46N2O3/c1-7-9-10-11-12-13-20-32-26-17-18-27-28(23-26)33(6)31(34)30(35-21-8-2)29(27)36-22-19-25(5)16-14-15-24(3)4/h8,15,17-19,23,32H,2,7,9-14,16,20-22H2,1,3-6H3/b25-19+. The zero-order chi connectivity index (χ0) is 26.3. The van der Waals surface area contributed by atoms with Crippen LogP contribution < -0.4 is 20.3 Å². The van der Waals surface area contributed by atoms with Gasteiger partial charge < -0.3 is 19.4 Å². The average molecular weight is 495 g/mol. The second kappa shape index (κ2) is 15.9. The Kier molecular flexibility index (Phi) is 13.0. The molecule has 0 aliphatic heterocycles. The number of aromatic nitrogens is 1. The molecule has 0 aliphatic carbocycles. The lowest BCUT2D eigenvalue weighted by molar-refractivity contribution is 0.305. The Hall–Kier alpha value is -2.95. The molecule has 0 saturated carbocycles. The van der Waals surface area contributed by atoms with Crippen LogP contribution in [-0.4, -0.2) is 24.3 Å². The van der Waals surface area contributed by atoms with E-state index < -0.39 is 0 Å². The van der Waals surface area contributed by atoms with Gasteiger partial charge >= 0.3 is 0 Å². The van der Waals surface area contributed by atoms with Gasteiger partial charge in [0.2, 0.25) is 5.75 Å². The maximum atomic E-state index is 13.2. The van der Waals surface area contributed by atoms with E-state index in [-0.39, 0.29) is 17.9 Å². The third kappa shape index (κ3) is 9.25. The summed E-state index contributed by atoms with van der Waals surface area (Å²) in [4.78, 5) is 13.2. The number of benzene rings is 1. The highest BCUT2D eigenvalue weighted by Gasteiger charge is 2.18. The zero-order valence-electron chi connectivity index (χ0n) is 23.1. The van der Waals surface area contributed by atoms with Crippen LogP contribution in [0.5, 0.6) is 11.5 Å². The summed E-state index contributed by atoms with van der Waals surface area (Å²) in [7, 11) is 1.78. The van der Waals surface area contributed by atoms with Gasteiger partial charge in [0.15, 0.2) is 5.75 Å². The summed E-state index contributed by atoms with van der Waals surface area (Å²) in [5.74, 6) is 0.721. The monoisotopic (exact) mass is 494 g/mol. The molecule has 198 valence electrons. The van der Waals surface area contributed by atoms with Gasteiger partial charge in [0.25, 0.3) is 5.56 Å². The lowest BCUT2D eigenvalue weighted by atomic mass is 10.1. The molecule has 0 aliphatic rings. The number of hydrogen-bond donors (Lipinski definition) is 1. The van der Waals surface area contributed by atoms with Gasteiger partial charge in [-0.2, -0.15) is 0 Å². The lowest BCUT2D eigenvalue weighted by Crippen LogP contribution is -2.21. The van der Waals surface area contributed by atoms with Crippen molar-refractivity contribution in [2.24, 2.45) is 7.05 Å². The molecule has 1 aromatic carbocycles. The van der Waals surface area contributed by atoms with Gasteiger partial charge in [-0.3, -0.25) is 4.79 Å². The molecule has 0 atom stereocenters. The topological polar surface area (TPSA) is 52.5 Å². The van der Waals surface area contributed by atoms with Crippen molar-refractivity contribution in [3.8, 4) is 11.5 Å². The molecule has 1 aromatic heterocycles. The molecular formula is C31H46N2O3. The molecule has 1 heterocycles. The summed E-state index contributed by atoms with van der Waals surface area (Å²) in [6, 6.07) is 6.09. The van der Waals surface area contributed by atoms with Crippen LogP contribution >= 0.6 is 0 Å². The number of allylic oxidation sites excluding steroid dienone is 3. The van der Waals surface area contributed by atoms with Gasteiger partial charge in [-0.05, 0) is 64.3 Å². The smallest absolute Gasteiger partial charge is 0.297 e. The van der Waals surface area contributed by atoms with Gasteiger partial charge in [-0.15, -0.1) is 0 Å². The van der Waals surface area contributed by atoms with Crippen LogP contribution in [-0.2, 0) is 7.05 Å². The fraction of sp³-hybridized carbons (Fsp3) is 0.516. The Balaban J connectivity index is 2.21. The summed E-state index contributed by atoms with van der Waals surface area (Å²) in [6.45, 7) is 13.8. The van der Waals surface area contributed by atoms with Crippen LogP contribution in [0.25, 0.3) is 10.9 Å². The molecule has 2 aromatic rings. The first-order valence-electron chi connectivity index (χ1n) is 13.4. The van der Waals surface area contributed by atoms with Crippen molar-refractivity contribution in [2.45, 2.75) is 79.1 Å². The van der Waals surface area contributed by atoms with E-state index in [1.54, 1.807) is 17.7 Å². The molecule has 0 amide bonds. The van der Waals surface area contributed by atoms with Crippen LogP contribution in [0.15, 0.2) is 58.9 Å². The van der Waals surface area contributed by atoms with E-state index >= 15 is 0 Å². The van der Waals surface area contributed by atoms with Crippen molar-refractivity contribution < 1.29 is 9.47 Å². The van der Waals surface area contributed by atoms with Crippen molar-refractivity contribution >= 4 is 16.6 Å². The molecule has 0 fully saturated rings. The van der Waals surface area contributed by atoms with Gasteiger partial charge in [-0.25, -0.2) is 0 Å². The molecule has 1 N–H and O–H groups in total. The Morgan fingerprint density at radius 2 is 1.72 bits per heavy atom. The molecule has 0 radical (unpaired) electrons.